The Kier molecular flexibility index (Phi) is 5.76. The number of methoxy groups -OCH3 is 2. The smallest absolute Gasteiger partial charge is 0.237 e. The first-order chi connectivity index (χ1) is 13.1. The number of aliphatic imine (C=N–C) groups is 1. The lowest BCUT2D eigenvalue weighted by molar-refractivity contribution is -0.115. The fourth-order valence-electron chi connectivity index (χ4n) is 3.32. The van der Waals surface area contributed by atoms with Crippen LogP contribution >= 0.6 is 0 Å². The number of carbonyl (C=O) groups is 1. The van der Waals surface area contributed by atoms with Gasteiger partial charge < -0.3 is 20.1 Å². The number of amides is 1. The van der Waals surface area contributed by atoms with Gasteiger partial charge in [0, 0.05) is 24.0 Å². The van der Waals surface area contributed by atoms with E-state index in [1.807, 2.05) is 44.3 Å². The molecule has 0 aromatic heterocycles. The van der Waals surface area contributed by atoms with E-state index >= 15 is 0 Å². The highest BCUT2D eigenvalue weighted by atomic mass is 16.5. The third-order valence-electron chi connectivity index (χ3n) is 4.67. The molecule has 3 rings (SSSR count). The summed E-state index contributed by atoms with van der Waals surface area (Å²) in [5.74, 6) is 0.687. The summed E-state index contributed by atoms with van der Waals surface area (Å²) in [6.45, 7) is 2.82. The number of hydrogen-bond acceptors (Lipinski definition) is 5. The average Bonchev–Trinajstić information content (AvgIpc) is 3.01. The Morgan fingerprint density at radius 2 is 1.81 bits per heavy atom. The maximum absolute atomic E-state index is 12.7. The number of anilines is 1. The minimum atomic E-state index is -0.429. The third-order valence-corrected chi connectivity index (χ3v) is 4.67. The summed E-state index contributed by atoms with van der Waals surface area (Å²) in [5.41, 5.74) is 4.46. The molecule has 1 atom stereocenters. The molecule has 0 aliphatic carbocycles. The van der Waals surface area contributed by atoms with Crippen LogP contribution in [-0.2, 0) is 11.3 Å². The maximum atomic E-state index is 12.7. The van der Waals surface area contributed by atoms with Gasteiger partial charge in [0.1, 0.15) is 5.92 Å². The predicted octanol–water partition coefficient (Wildman–Crippen LogP) is 3.64. The van der Waals surface area contributed by atoms with Crippen molar-refractivity contribution < 1.29 is 14.3 Å². The second-order valence-corrected chi connectivity index (χ2v) is 6.37. The Morgan fingerprint density at radius 1 is 1.15 bits per heavy atom. The van der Waals surface area contributed by atoms with Gasteiger partial charge in [-0.05, 0) is 42.8 Å². The van der Waals surface area contributed by atoms with E-state index in [0.717, 1.165) is 29.2 Å². The molecule has 2 aromatic rings. The van der Waals surface area contributed by atoms with Crippen LogP contribution in [0.3, 0.4) is 0 Å². The summed E-state index contributed by atoms with van der Waals surface area (Å²) in [6.07, 6.45) is 0.671. The summed E-state index contributed by atoms with van der Waals surface area (Å²) in [4.78, 5) is 17.4. The van der Waals surface area contributed by atoms with Crippen LogP contribution in [-0.4, -0.2) is 32.9 Å². The number of nitrogens with one attached hydrogen (secondary N) is 2. The second-order valence-electron chi connectivity index (χ2n) is 6.37. The van der Waals surface area contributed by atoms with E-state index in [9.17, 15) is 4.79 Å². The normalized spacial score (nSPS) is 16.1. The predicted molar refractivity (Wildman–Crippen MR) is 108 cm³/mol. The molecule has 1 unspecified atom stereocenters. The lowest BCUT2D eigenvalue weighted by atomic mass is 9.93. The van der Waals surface area contributed by atoms with Crippen molar-refractivity contribution in [3.8, 4) is 11.5 Å². The molecule has 0 bridgehead atoms. The van der Waals surface area contributed by atoms with Crippen LogP contribution in [0.1, 0.15) is 30.4 Å². The van der Waals surface area contributed by atoms with E-state index < -0.39 is 5.92 Å². The molecule has 0 saturated heterocycles. The maximum Gasteiger partial charge on any atom is 0.237 e. The lowest BCUT2D eigenvalue weighted by Gasteiger charge is -2.14. The van der Waals surface area contributed by atoms with Crippen molar-refractivity contribution in [2.75, 3.05) is 26.6 Å². The van der Waals surface area contributed by atoms with Crippen molar-refractivity contribution in [1.82, 2.24) is 5.32 Å². The van der Waals surface area contributed by atoms with Crippen molar-refractivity contribution >= 4 is 23.0 Å². The quantitative estimate of drug-likeness (QED) is 0.733. The molecule has 0 saturated carbocycles. The fourth-order valence-corrected chi connectivity index (χ4v) is 3.32. The monoisotopic (exact) mass is 367 g/mol. The van der Waals surface area contributed by atoms with Gasteiger partial charge in [0.2, 0.25) is 5.91 Å². The number of benzene rings is 2. The van der Waals surface area contributed by atoms with Crippen LogP contribution in [0.25, 0.3) is 0 Å². The van der Waals surface area contributed by atoms with Crippen molar-refractivity contribution in [3.63, 3.8) is 0 Å². The van der Waals surface area contributed by atoms with Crippen LogP contribution in [0, 0.1) is 0 Å². The minimum Gasteiger partial charge on any atom is -0.493 e. The summed E-state index contributed by atoms with van der Waals surface area (Å²) < 4.78 is 10.7. The summed E-state index contributed by atoms with van der Waals surface area (Å²) in [5, 5.41) is 6.06. The molecule has 6 heteroatoms. The Bertz CT molecular complexity index is 860. The number of hydrogen-bond donors (Lipinski definition) is 2. The largest absolute Gasteiger partial charge is 0.493 e. The van der Waals surface area contributed by atoms with E-state index in [1.54, 1.807) is 20.3 Å². The molecule has 0 spiro atoms. The van der Waals surface area contributed by atoms with Crippen LogP contribution in [0.15, 0.2) is 41.4 Å². The van der Waals surface area contributed by atoms with Gasteiger partial charge in [-0.15, -0.1) is 0 Å². The Balaban J connectivity index is 1.97. The topological polar surface area (TPSA) is 72.0 Å². The molecular formula is C21H25N3O3. The van der Waals surface area contributed by atoms with Crippen molar-refractivity contribution in [2.24, 2.45) is 4.99 Å². The van der Waals surface area contributed by atoms with Gasteiger partial charge in [-0.25, -0.2) is 0 Å². The first-order valence-electron chi connectivity index (χ1n) is 8.99. The number of ether oxygens (including phenoxy) is 2. The number of carbonyl (C=O) groups excluding carboxylic acids is 1. The second kappa shape index (κ2) is 8.22. The van der Waals surface area contributed by atoms with Gasteiger partial charge in [-0.1, -0.05) is 19.1 Å². The zero-order valence-electron chi connectivity index (χ0n) is 16.1. The first kappa shape index (κ1) is 18.9. The van der Waals surface area contributed by atoms with Crippen molar-refractivity contribution in [3.05, 3.63) is 47.5 Å². The van der Waals surface area contributed by atoms with Gasteiger partial charge in [0.25, 0.3) is 0 Å². The molecule has 27 heavy (non-hydrogen) atoms. The van der Waals surface area contributed by atoms with Crippen LogP contribution in [0.5, 0.6) is 11.5 Å². The zero-order valence-corrected chi connectivity index (χ0v) is 16.1. The molecule has 6 nitrogen and oxygen atoms in total. The fraction of sp³-hybridized carbons (Fsp3) is 0.333. The molecule has 1 aliphatic heterocycles. The summed E-state index contributed by atoms with van der Waals surface area (Å²) in [7, 11) is 5.08. The highest BCUT2D eigenvalue weighted by Crippen LogP contribution is 2.42. The number of fused-ring (bicyclic) bond motifs is 1. The molecular weight excluding hydrogens is 342 g/mol. The van der Waals surface area contributed by atoms with E-state index in [0.29, 0.717) is 17.9 Å². The molecule has 1 amide bonds. The Labute approximate surface area is 159 Å². The van der Waals surface area contributed by atoms with E-state index in [-0.39, 0.29) is 5.91 Å². The summed E-state index contributed by atoms with van der Waals surface area (Å²) in [6, 6.07) is 11.7. The Hall–Kier alpha value is -2.86. The van der Waals surface area contributed by atoms with E-state index in [2.05, 4.69) is 10.6 Å². The van der Waals surface area contributed by atoms with E-state index in [1.165, 1.54) is 5.56 Å². The van der Waals surface area contributed by atoms with Gasteiger partial charge >= 0.3 is 0 Å². The summed E-state index contributed by atoms with van der Waals surface area (Å²) >= 11 is 0. The lowest BCUT2D eigenvalue weighted by Crippen LogP contribution is -2.20. The standard InChI is InChI=1S/C21H25N3O3/c1-5-16(23-14-8-6-13(7-9-14)12-22-2)20-15-10-18(26-3)19(27-4)11-17(15)24-21(20)25/h6-11,20,22H,5,12H2,1-4H3,(H,24,25). The van der Waals surface area contributed by atoms with Crippen LogP contribution < -0.4 is 20.1 Å². The molecule has 1 heterocycles. The molecule has 0 radical (unpaired) electrons. The zero-order chi connectivity index (χ0) is 19.4. The molecule has 142 valence electrons. The highest BCUT2D eigenvalue weighted by Gasteiger charge is 2.35. The number of rotatable bonds is 7. The van der Waals surface area contributed by atoms with Crippen molar-refractivity contribution in [2.45, 2.75) is 25.8 Å². The highest BCUT2D eigenvalue weighted by molar-refractivity contribution is 6.19. The molecule has 2 aromatic carbocycles. The minimum absolute atomic E-state index is 0.0762. The Morgan fingerprint density at radius 3 is 2.41 bits per heavy atom. The first-order valence-corrected chi connectivity index (χ1v) is 8.99. The van der Waals surface area contributed by atoms with Crippen molar-refractivity contribution in [1.29, 1.82) is 0 Å². The van der Waals surface area contributed by atoms with E-state index in [4.69, 9.17) is 14.5 Å². The molecule has 1 aliphatic rings. The van der Waals surface area contributed by atoms with Crippen LogP contribution in [0.4, 0.5) is 11.4 Å². The van der Waals surface area contributed by atoms with Gasteiger partial charge in [0.05, 0.1) is 19.9 Å². The van der Waals surface area contributed by atoms with Crippen LogP contribution in [0.2, 0.25) is 0 Å². The average molecular weight is 367 g/mol. The molecule has 0 fully saturated rings. The SMILES string of the molecule is CCC(=Nc1ccc(CNC)cc1)C1C(=O)Nc2cc(OC)c(OC)cc21. The third kappa shape index (κ3) is 3.80. The number of nitrogens with zero attached hydrogens (tertiary/aromatic N) is 1. The van der Waals surface area contributed by atoms with Gasteiger partial charge in [-0.2, -0.15) is 0 Å². The van der Waals surface area contributed by atoms with Gasteiger partial charge in [-0.3, -0.25) is 9.79 Å². The molecule has 2 N–H and O–H groups in total. The van der Waals surface area contributed by atoms with Gasteiger partial charge in [0.15, 0.2) is 11.5 Å².